The van der Waals surface area contributed by atoms with Gasteiger partial charge in [-0.25, -0.2) is 9.78 Å². The van der Waals surface area contributed by atoms with Crippen LogP contribution in [0.1, 0.15) is 41.0 Å². The Morgan fingerprint density at radius 1 is 1.19 bits per heavy atom. The Morgan fingerprint density at radius 2 is 1.95 bits per heavy atom. The number of rotatable bonds is 4. The Kier molecular flexibility index (Phi) is 3.44. The number of imidazole rings is 1. The first-order valence-electron chi connectivity index (χ1n) is 6.97. The zero-order chi connectivity index (χ0) is 14.8. The van der Waals surface area contributed by atoms with E-state index in [2.05, 4.69) is 29.0 Å². The molecule has 3 aromatic rings. The number of carboxylic acids is 1. The third kappa shape index (κ3) is 2.40. The van der Waals surface area contributed by atoms with Crippen LogP contribution in [0.2, 0.25) is 0 Å². The molecule has 0 saturated heterocycles. The summed E-state index contributed by atoms with van der Waals surface area (Å²) in [6.07, 6.45) is 0.895. The van der Waals surface area contributed by atoms with Crippen molar-refractivity contribution in [3.05, 3.63) is 65.5 Å². The summed E-state index contributed by atoms with van der Waals surface area (Å²) in [5.41, 5.74) is 2.70. The number of aromatic amines is 1. The smallest absolute Gasteiger partial charge is 0.337 e. The van der Waals surface area contributed by atoms with Crippen LogP contribution in [-0.4, -0.2) is 21.0 Å². The van der Waals surface area contributed by atoms with Gasteiger partial charge in [0.05, 0.1) is 11.1 Å². The number of benzene rings is 2. The van der Waals surface area contributed by atoms with Crippen molar-refractivity contribution in [3.8, 4) is 0 Å². The summed E-state index contributed by atoms with van der Waals surface area (Å²) in [4.78, 5) is 19.1. The number of hydrogen-bond acceptors (Lipinski definition) is 2. The summed E-state index contributed by atoms with van der Waals surface area (Å²) in [5, 5.41) is 9.25. The minimum atomic E-state index is -0.952. The lowest BCUT2D eigenvalue weighted by atomic mass is 9.96. The molecule has 0 aliphatic carbocycles. The highest BCUT2D eigenvalue weighted by Crippen LogP contribution is 2.28. The number of para-hydroxylation sites is 1. The van der Waals surface area contributed by atoms with E-state index in [1.807, 2.05) is 24.3 Å². The molecule has 3 rings (SSSR count). The lowest BCUT2D eigenvalue weighted by molar-refractivity contribution is 0.0699. The summed E-state index contributed by atoms with van der Waals surface area (Å²) in [5.74, 6) is -0.000875. The number of aromatic nitrogens is 2. The number of carboxylic acid groups (broad SMARTS) is 1. The fourth-order valence-electron chi connectivity index (χ4n) is 2.66. The fraction of sp³-hybridized carbons (Fsp3) is 0.176. The van der Waals surface area contributed by atoms with Gasteiger partial charge in [-0.2, -0.15) is 0 Å². The van der Waals surface area contributed by atoms with Crippen LogP contribution in [-0.2, 0) is 0 Å². The number of nitrogens with zero attached hydrogens (tertiary/aromatic N) is 1. The highest BCUT2D eigenvalue weighted by atomic mass is 16.4. The monoisotopic (exact) mass is 280 g/mol. The molecule has 0 bridgehead atoms. The molecule has 0 aliphatic heterocycles. The molecule has 1 atom stereocenters. The van der Waals surface area contributed by atoms with Crippen molar-refractivity contribution < 1.29 is 9.90 Å². The van der Waals surface area contributed by atoms with Gasteiger partial charge in [0.2, 0.25) is 0 Å². The van der Waals surface area contributed by atoms with Crippen LogP contribution < -0.4 is 0 Å². The van der Waals surface area contributed by atoms with E-state index < -0.39 is 5.97 Å². The molecule has 1 aromatic heterocycles. The highest BCUT2D eigenvalue weighted by molar-refractivity contribution is 6.00. The lowest BCUT2D eigenvalue weighted by Crippen LogP contribution is -2.02. The van der Waals surface area contributed by atoms with E-state index in [1.165, 1.54) is 5.56 Å². The van der Waals surface area contributed by atoms with Crippen LogP contribution >= 0.6 is 0 Å². The molecule has 0 spiro atoms. The van der Waals surface area contributed by atoms with E-state index in [0.29, 0.717) is 5.52 Å². The van der Waals surface area contributed by atoms with Gasteiger partial charge in [-0.3, -0.25) is 0 Å². The largest absolute Gasteiger partial charge is 0.478 e. The van der Waals surface area contributed by atoms with Crippen LogP contribution in [0.5, 0.6) is 0 Å². The molecule has 0 saturated carbocycles. The minimum Gasteiger partial charge on any atom is -0.478 e. The van der Waals surface area contributed by atoms with Gasteiger partial charge in [0, 0.05) is 5.92 Å². The minimum absolute atomic E-state index is 0.139. The van der Waals surface area contributed by atoms with Crippen LogP contribution in [0.3, 0.4) is 0 Å². The van der Waals surface area contributed by atoms with E-state index in [0.717, 1.165) is 17.8 Å². The normalized spacial score (nSPS) is 12.4. The summed E-state index contributed by atoms with van der Waals surface area (Å²) < 4.78 is 0. The van der Waals surface area contributed by atoms with Gasteiger partial charge < -0.3 is 10.1 Å². The Labute approximate surface area is 122 Å². The first-order valence-corrected chi connectivity index (χ1v) is 6.97. The maximum atomic E-state index is 11.3. The average molecular weight is 280 g/mol. The van der Waals surface area contributed by atoms with E-state index in [9.17, 15) is 9.90 Å². The molecule has 4 heteroatoms. The van der Waals surface area contributed by atoms with E-state index in [1.54, 1.807) is 12.1 Å². The first kappa shape index (κ1) is 13.4. The second-order valence-electron chi connectivity index (χ2n) is 5.00. The number of carbonyl (C=O) groups is 1. The van der Waals surface area contributed by atoms with Crippen molar-refractivity contribution in [2.45, 2.75) is 19.3 Å². The Bertz CT molecular complexity index is 778. The third-order valence-electron chi connectivity index (χ3n) is 3.70. The lowest BCUT2D eigenvalue weighted by Gasteiger charge is -2.12. The van der Waals surface area contributed by atoms with Gasteiger partial charge in [0.25, 0.3) is 0 Å². The molecule has 21 heavy (non-hydrogen) atoms. The summed E-state index contributed by atoms with van der Waals surface area (Å²) in [7, 11) is 0. The standard InChI is InChI=1S/C17H16N2O2/c1-2-12(11-7-4-3-5-8-11)16-18-14-10-6-9-13(17(20)21)15(14)19-16/h3-10,12H,2H2,1H3,(H,18,19)(H,20,21). The number of aromatic carboxylic acids is 1. The Balaban J connectivity index is 2.12. The molecule has 4 nitrogen and oxygen atoms in total. The predicted octanol–water partition coefficient (Wildman–Crippen LogP) is 3.80. The van der Waals surface area contributed by atoms with Crippen molar-refractivity contribution in [2.24, 2.45) is 0 Å². The van der Waals surface area contributed by atoms with Gasteiger partial charge in [0.15, 0.2) is 0 Å². The van der Waals surface area contributed by atoms with Gasteiger partial charge in [-0.15, -0.1) is 0 Å². The maximum absolute atomic E-state index is 11.3. The summed E-state index contributed by atoms with van der Waals surface area (Å²) >= 11 is 0. The van der Waals surface area contributed by atoms with Crippen molar-refractivity contribution in [1.82, 2.24) is 9.97 Å². The summed E-state index contributed by atoms with van der Waals surface area (Å²) in [6, 6.07) is 15.3. The first-order chi connectivity index (χ1) is 10.2. The van der Waals surface area contributed by atoms with Gasteiger partial charge in [-0.05, 0) is 24.1 Å². The fourth-order valence-corrected chi connectivity index (χ4v) is 2.66. The Hall–Kier alpha value is -2.62. The second-order valence-corrected chi connectivity index (χ2v) is 5.00. The van der Waals surface area contributed by atoms with Gasteiger partial charge in [-0.1, -0.05) is 43.3 Å². The average Bonchev–Trinajstić information content (AvgIpc) is 2.92. The van der Waals surface area contributed by atoms with Crippen molar-refractivity contribution in [2.75, 3.05) is 0 Å². The van der Waals surface area contributed by atoms with Gasteiger partial charge in [0.1, 0.15) is 11.3 Å². The zero-order valence-corrected chi connectivity index (χ0v) is 11.7. The molecule has 0 radical (unpaired) electrons. The quantitative estimate of drug-likeness (QED) is 0.763. The number of fused-ring (bicyclic) bond motifs is 1. The number of hydrogen-bond donors (Lipinski definition) is 2. The van der Waals surface area contributed by atoms with E-state index in [-0.39, 0.29) is 11.5 Å². The van der Waals surface area contributed by atoms with E-state index >= 15 is 0 Å². The molecular formula is C17H16N2O2. The maximum Gasteiger partial charge on any atom is 0.337 e. The van der Waals surface area contributed by atoms with Gasteiger partial charge >= 0.3 is 5.97 Å². The molecule has 2 aromatic carbocycles. The molecule has 2 N–H and O–H groups in total. The zero-order valence-electron chi connectivity index (χ0n) is 11.7. The highest BCUT2D eigenvalue weighted by Gasteiger charge is 2.18. The molecule has 0 aliphatic rings. The molecule has 1 unspecified atom stereocenters. The number of nitrogens with one attached hydrogen (secondary N) is 1. The van der Waals surface area contributed by atoms with Crippen molar-refractivity contribution >= 4 is 17.0 Å². The molecule has 0 fully saturated rings. The van der Waals surface area contributed by atoms with Crippen LogP contribution in [0.25, 0.3) is 11.0 Å². The molecular weight excluding hydrogens is 264 g/mol. The molecule has 106 valence electrons. The van der Waals surface area contributed by atoms with Crippen molar-refractivity contribution in [3.63, 3.8) is 0 Å². The second kappa shape index (κ2) is 5.40. The SMILES string of the molecule is CCC(c1ccccc1)c1nc2c(C(=O)O)cccc2[nH]1. The van der Waals surface area contributed by atoms with Crippen molar-refractivity contribution in [1.29, 1.82) is 0 Å². The number of H-pyrrole nitrogens is 1. The van der Waals surface area contributed by atoms with E-state index in [4.69, 9.17) is 0 Å². The Morgan fingerprint density at radius 3 is 2.62 bits per heavy atom. The molecule has 1 heterocycles. The molecule has 0 amide bonds. The van der Waals surface area contributed by atoms with Crippen LogP contribution in [0.15, 0.2) is 48.5 Å². The summed E-state index contributed by atoms with van der Waals surface area (Å²) in [6.45, 7) is 2.10. The third-order valence-corrected chi connectivity index (χ3v) is 3.70. The predicted molar refractivity (Wildman–Crippen MR) is 81.6 cm³/mol. The van der Waals surface area contributed by atoms with Crippen LogP contribution in [0.4, 0.5) is 0 Å². The topological polar surface area (TPSA) is 66.0 Å². The van der Waals surface area contributed by atoms with Crippen LogP contribution in [0, 0.1) is 0 Å².